The number of amides is 2. The van der Waals surface area contributed by atoms with Crippen molar-refractivity contribution in [3.63, 3.8) is 0 Å². The highest BCUT2D eigenvalue weighted by Crippen LogP contribution is 2.61. The third-order valence-electron chi connectivity index (χ3n) is 11.0. The van der Waals surface area contributed by atoms with Gasteiger partial charge in [0, 0.05) is 55.5 Å². The Balaban J connectivity index is 1.50. The summed E-state index contributed by atoms with van der Waals surface area (Å²) >= 11 is 0. The van der Waals surface area contributed by atoms with Crippen molar-refractivity contribution in [3.05, 3.63) is 47.3 Å². The van der Waals surface area contributed by atoms with Crippen LogP contribution in [0, 0.1) is 34.9 Å². The van der Waals surface area contributed by atoms with Crippen molar-refractivity contribution in [2.24, 2.45) is 29.1 Å². The van der Waals surface area contributed by atoms with Crippen molar-refractivity contribution in [1.82, 2.24) is 15.7 Å². The standard InChI is InChI=1S/C35H49FN4O6/c1-18-26-14-22(35(26,3)4)15-28(18)38-34(44)31-30(19(2)42)29(17-41)46-40(31)16-25-27(36)10-9-24(32(25)45-8)20-11-21(33(43)37-5)13-23(12-20)39(6)7/h9-13,18-19,22,26,28-31,41-42H,14-17H2,1-8H3,(H,37,43)(H,38,44)/t18-,19-,22+,26-,28-,29-,30+,31-/m0/s1. The Labute approximate surface area is 271 Å². The fraction of sp³-hybridized carbons (Fsp3) is 0.600. The molecule has 6 rings (SSSR count). The third-order valence-corrected chi connectivity index (χ3v) is 11.0. The molecule has 0 aromatic heterocycles. The predicted molar refractivity (Wildman–Crippen MR) is 174 cm³/mol. The molecule has 4 aliphatic rings. The monoisotopic (exact) mass is 640 g/mol. The lowest BCUT2D eigenvalue weighted by molar-refractivity contribution is -0.183. The van der Waals surface area contributed by atoms with Crippen molar-refractivity contribution in [2.75, 3.05) is 39.8 Å². The molecule has 3 aliphatic carbocycles. The number of benzene rings is 2. The van der Waals surface area contributed by atoms with Crippen LogP contribution in [-0.4, -0.2) is 86.2 Å². The molecule has 8 atom stereocenters. The van der Waals surface area contributed by atoms with Crippen LogP contribution in [0.4, 0.5) is 10.1 Å². The van der Waals surface area contributed by atoms with Gasteiger partial charge in [-0.2, -0.15) is 5.06 Å². The van der Waals surface area contributed by atoms with Crippen molar-refractivity contribution in [3.8, 4) is 16.9 Å². The van der Waals surface area contributed by atoms with E-state index in [1.165, 1.54) is 24.7 Å². The number of hydrogen-bond donors (Lipinski definition) is 4. The number of aliphatic hydroxyl groups is 2. The Bertz CT molecular complexity index is 1460. The van der Waals surface area contributed by atoms with Crippen molar-refractivity contribution in [2.45, 2.75) is 71.4 Å². The molecule has 2 aromatic rings. The van der Waals surface area contributed by atoms with Gasteiger partial charge in [-0.15, -0.1) is 0 Å². The first-order valence-corrected chi connectivity index (χ1v) is 16.2. The highest BCUT2D eigenvalue weighted by atomic mass is 19.1. The van der Waals surface area contributed by atoms with Gasteiger partial charge in [-0.25, -0.2) is 4.39 Å². The van der Waals surface area contributed by atoms with E-state index in [0.717, 1.165) is 12.1 Å². The molecule has 0 unspecified atom stereocenters. The lowest BCUT2D eigenvalue weighted by atomic mass is 9.45. The van der Waals surface area contributed by atoms with Gasteiger partial charge in [0.05, 0.1) is 26.4 Å². The first-order chi connectivity index (χ1) is 21.7. The number of rotatable bonds is 10. The molecule has 3 saturated carbocycles. The van der Waals surface area contributed by atoms with Crippen LogP contribution in [0.2, 0.25) is 0 Å². The summed E-state index contributed by atoms with van der Waals surface area (Å²) in [4.78, 5) is 34.7. The van der Waals surface area contributed by atoms with Gasteiger partial charge in [-0.3, -0.25) is 14.4 Å². The van der Waals surface area contributed by atoms with Gasteiger partial charge in [0.1, 0.15) is 23.7 Å². The molecular formula is C35H49FN4O6. The van der Waals surface area contributed by atoms with Crippen molar-refractivity contribution < 1.29 is 33.8 Å². The Morgan fingerprint density at radius 1 is 1.22 bits per heavy atom. The smallest absolute Gasteiger partial charge is 0.251 e. The summed E-state index contributed by atoms with van der Waals surface area (Å²) in [6.45, 7) is 7.75. The maximum Gasteiger partial charge on any atom is 0.251 e. The highest BCUT2D eigenvalue weighted by molar-refractivity contribution is 5.97. The topological polar surface area (TPSA) is 124 Å². The molecule has 11 heteroatoms. The van der Waals surface area contributed by atoms with Crippen LogP contribution >= 0.6 is 0 Å². The quantitative estimate of drug-likeness (QED) is 0.311. The number of hydrogen-bond acceptors (Lipinski definition) is 8. The summed E-state index contributed by atoms with van der Waals surface area (Å²) in [5.41, 5.74) is 2.79. The maximum absolute atomic E-state index is 15.7. The summed E-state index contributed by atoms with van der Waals surface area (Å²) in [7, 11) is 6.73. The van der Waals surface area contributed by atoms with E-state index in [0.29, 0.717) is 28.5 Å². The molecule has 252 valence electrons. The molecule has 4 N–H and O–H groups in total. The summed E-state index contributed by atoms with van der Waals surface area (Å²) in [5.74, 6) is -0.344. The molecular weight excluding hydrogens is 591 g/mol. The van der Waals surface area contributed by atoms with Gasteiger partial charge in [-0.1, -0.05) is 20.8 Å². The van der Waals surface area contributed by atoms with Crippen molar-refractivity contribution in [1.29, 1.82) is 0 Å². The van der Waals surface area contributed by atoms with Crippen LogP contribution in [0.25, 0.3) is 11.1 Å². The zero-order valence-corrected chi connectivity index (χ0v) is 28.1. The van der Waals surface area contributed by atoms with Gasteiger partial charge < -0.3 is 30.5 Å². The SMILES string of the molecule is CNC(=O)c1cc(-c2ccc(F)c(CN3O[C@@H](CO)[C@@H]([C@H](C)O)[C@H]3C(=O)N[C@H]3C[C@H]4C[C@@H]([C@@H]3C)C4(C)C)c2OC)cc(N(C)C)c1. The number of nitrogens with zero attached hydrogens (tertiary/aromatic N) is 2. The van der Waals surface area contributed by atoms with Gasteiger partial charge in [-0.05, 0) is 78.8 Å². The van der Waals surface area contributed by atoms with E-state index in [4.69, 9.17) is 9.57 Å². The minimum Gasteiger partial charge on any atom is -0.496 e. The Morgan fingerprint density at radius 2 is 1.93 bits per heavy atom. The van der Waals surface area contributed by atoms with Crippen LogP contribution < -0.4 is 20.3 Å². The summed E-state index contributed by atoms with van der Waals surface area (Å²) < 4.78 is 21.5. The van der Waals surface area contributed by atoms with E-state index < -0.39 is 36.6 Å². The molecule has 2 bridgehead atoms. The van der Waals surface area contributed by atoms with Crippen LogP contribution in [0.5, 0.6) is 5.75 Å². The van der Waals surface area contributed by atoms with Crippen LogP contribution in [0.1, 0.15) is 56.5 Å². The fourth-order valence-corrected chi connectivity index (χ4v) is 8.15. The molecule has 10 nitrogen and oxygen atoms in total. The molecule has 1 aliphatic heterocycles. The number of hydroxylamine groups is 2. The second-order valence-corrected chi connectivity index (χ2v) is 14.1. The first-order valence-electron chi connectivity index (χ1n) is 16.2. The molecule has 1 heterocycles. The van der Waals surface area contributed by atoms with Crippen LogP contribution in [-0.2, 0) is 16.2 Å². The summed E-state index contributed by atoms with van der Waals surface area (Å²) in [5, 5.41) is 28.3. The van der Waals surface area contributed by atoms with E-state index in [1.807, 2.05) is 25.1 Å². The largest absolute Gasteiger partial charge is 0.496 e. The molecule has 2 aromatic carbocycles. The number of carbonyl (C=O) groups is 2. The number of fused-ring (bicyclic) bond motifs is 2. The molecule has 46 heavy (non-hydrogen) atoms. The fourth-order valence-electron chi connectivity index (χ4n) is 8.15. The minimum absolute atomic E-state index is 0.0259. The van der Waals surface area contributed by atoms with Crippen molar-refractivity contribution >= 4 is 17.5 Å². The first kappa shape index (κ1) is 34.1. The number of anilines is 1. The average Bonchev–Trinajstić information content (AvgIpc) is 3.40. The van der Waals surface area contributed by atoms with Gasteiger partial charge in [0.25, 0.3) is 5.91 Å². The second kappa shape index (κ2) is 13.1. The summed E-state index contributed by atoms with van der Waals surface area (Å²) in [6, 6.07) is 7.29. The molecule has 4 fully saturated rings. The molecule has 0 radical (unpaired) electrons. The predicted octanol–water partition coefficient (Wildman–Crippen LogP) is 3.59. The van der Waals surface area contributed by atoms with Gasteiger partial charge in [0.15, 0.2) is 0 Å². The van der Waals surface area contributed by atoms with E-state index >= 15 is 4.39 Å². The lowest BCUT2D eigenvalue weighted by Crippen LogP contribution is -2.62. The Hall–Kier alpha value is -3.25. The maximum atomic E-state index is 15.7. The third kappa shape index (κ3) is 5.98. The van der Waals surface area contributed by atoms with Gasteiger partial charge >= 0.3 is 0 Å². The zero-order chi connectivity index (χ0) is 33.7. The number of aliphatic hydroxyl groups excluding tert-OH is 2. The highest BCUT2D eigenvalue weighted by Gasteiger charge is 2.57. The van der Waals surface area contributed by atoms with Crippen LogP contribution in [0.15, 0.2) is 30.3 Å². The summed E-state index contributed by atoms with van der Waals surface area (Å²) in [6.07, 6.45) is 0.195. The average molecular weight is 641 g/mol. The van der Waals surface area contributed by atoms with Crippen LogP contribution in [0.3, 0.4) is 0 Å². The number of ether oxygens (including phenoxy) is 1. The van der Waals surface area contributed by atoms with E-state index in [2.05, 4.69) is 31.4 Å². The number of methoxy groups -OCH3 is 1. The molecule has 1 saturated heterocycles. The number of nitrogens with one attached hydrogen (secondary N) is 2. The minimum atomic E-state index is -0.986. The Kier molecular flexibility index (Phi) is 9.71. The van der Waals surface area contributed by atoms with Gasteiger partial charge in [0.2, 0.25) is 5.91 Å². The normalized spacial score (nSPS) is 29.1. The number of halogens is 1. The Morgan fingerprint density at radius 3 is 2.50 bits per heavy atom. The van der Waals surface area contributed by atoms with E-state index in [-0.39, 0.29) is 47.0 Å². The molecule has 0 spiro atoms. The number of carbonyl (C=O) groups excluding carboxylic acids is 2. The second-order valence-electron chi connectivity index (χ2n) is 14.1. The van der Waals surface area contributed by atoms with E-state index in [1.54, 1.807) is 32.2 Å². The zero-order valence-electron chi connectivity index (χ0n) is 28.1. The van der Waals surface area contributed by atoms with E-state index in [9.17, 15) is 19.8 Å². The lowest BCUT2D eigenvalue weighted by Gasteiger charge is -2.62. The molecule has 2 amide bonds.